The topological polar surface area (TPSA) is 72.9 Å². The number of carboxylic acid groups (broad SMARTS) is 1. The molecule has 6 heteroatoms. The maximum Gasteiger partial charge on any atom is 0.326 e. The second kappa shape index (κ2) is 7.47. The molecule has 1 saturated heterocycles. The lowest BCUT2D eigenvalue weighted by atomic mass is 10.0. The minimum Gasteiger partial charge on any atom is -0.480 e. The average Bonchev–Trinajstić information content (AvgIpc) is 2.48. The SMILES string of the molecule is CC(C)C[C@@H](NC(=O)N1CCCN(C)CC1C)C(=O)O. The fraction of sp³-hybridized carbons (Fsp3) is 0.857. The highest BCUT2D eigenvalue weighted by atomic mass is 16.4. The van der Waals surface area contributed by atoms with Gasteiger partial charge in [0, 0.05) is 19.1 Å². The molecule has 20 heavy (non-hydrogen) atoms. The molecule has 0 spiro atoms. The normalized spacial score (nSPS) is 22.4. The molecule has 0 aromatic heterocycles. The van der Waals surface area contributed by atoms with Crippen molar-refractivity contribution in [2.75, 3.05) is 26.7 Å². The number of carbonyl (C=O) groups is 2. The summed E-state index contributed by atoms with van der Waals surface area (Å²) < 4.78 is 0. The lowest BCUT2D eigenvalue weighted by Crippen LogP contribution is -2.52. The van der Waals surface area contributed by atoms with Crippen molar-refractivity contribution in [1.82, 2.24) is 15.1 Å². The van der Waals surface area contributed by atoms with Gasteiger partial charge in [-0.15, -0.1) is 0 Å². The van der Waals surface area contributed by atoms with Crippen LogP contribution in [0.2, 0.25) is 0 Å². The molecule has 1 rings (SSSR count). The molecule has 2 N–H and O–H groups in total. The van der Waals surface area contributed by atoms with Crippen LogP contribution in [-0.4, -0.2) is 65.7 Å². The molecular formula is C14H27N3O3. The summed E-state index contributed by atoms with van der Waals surface area (Å²) in [5.41, 5.74) is 0. The van der Waals surface area contributed by atoms with Crippen molar-refractivity contribution in [3.8, 4) is 0 Å². The van der Waals surface area contributed by atoms with E-state index in [9.17, 15) is 14.7 Å². The van der Waals surface area contributed by atoms with Crippen LogP contribution in [0.4, 0.5) is 4.79 Å². The zero-order valence-electron chi connectivity index (χ0n) is 12.9. The highest BCUT2D eigenvalue weighted by Crippen LogP contribution is 2.11. The third kappa shape index (κ3) is 5.00. The van der Waals surface area contributed by atoms with Crippen LogP contribution < -0.4 is 5.32 Å². The molecule has 6 nitrogen and oxygen atoms in total. The van der Waals surface area contributed by atoms with Crippen LogP contribution in [0.15, 0.2) is 0 Å². The van der Waals surface area contributed by atoms with Gasteiger partial charge in [0.2, 0.25) is 0 Å². The molecule has 1 aliphatic rings. The monoisotopic (exact) mass is 285 g/mol. The Hall–Kier alpha value is -1.30. The zero-order valence-corrected chi connectivity index (χ0v) is 12.9. The first-order valence-electron chi connectivity index (χ1n) is 7.29. The van der Waals surface area contributed by atoms with Crippen LogP contribution in [0.1, 0.15) is 33.6 Å². The minimum absolute atomic E-state index is 0.0935. The predicted octanol–water partition coefficient (Wildman–Crippen LogP) is 1.22. The molecular weight excluding hydrogens is 258 g/mol. The number of hydrogen-bond acceptors (Lipinski definition) is 3. The molecule has 0 bridgehead atoms. The third-order valence-corrected chi connectivity index (χ3v) is 3.61. The average molecular weight is 285 g/mol. The molecule has 1 heterocycles. The highest BCUT2D eigenvalue weighted by molar-refractivity contribution is 5.82. The Balaban J connectivity index is 2.65. The number of carboxylic acids is 1. The van der Waals surface area contributed by atoms with Gasteiger partial charge in [-0.3, -0.25) is 0 Å². The number of nitrogens with one attached hydrogen (secondary N) is 1. The number of amides is 2. The van der Waals surface area contributed by atoms with Gasteiger partial charge in [-0.1, -0.05) is 13.8 Å². The van der Waals surface area contributed by atoms with Crippen LogP contribution in [0.5, 0.6) is 0 Å². The van der Waals surface area contributed by atoms with Crippen molar-refractivity contribution < 1.29 is 14.7 Å². The molecule has 1 unspecified atom stereocenters. The van der Waals surface area contributed by atoms with Crippen molar-refractivity contribution in [2.24, 2.45) is 5.92 Å². The summed E-state index contributed by atoms with van der Waals surface area (Å²) in [5, 5.41) is 11.9. The molecule has 0 aliphatic carbocycles. The predicted molar refractivity (Wildman–Crippen MR) is 77.7 cm³/mol. The van der Waals surface area contributed by atoms with E-state index in [4.69, 9.17) is 0 Å². The number of rotatable bonds is 4. The molecule has 1 aliphatic heterocycles. The van der Waals surface area contributed by atoms with Crippen LogP contribution in [-0.2, 0) is 4.79 Å². The number of likely N-dealkylation sites (N-methyl/N-ethyl adjacent to an activating group) is 1. The Kier molecular flexibility index (Phi) is 6.26. The Morgan fingerprint density at radius 3 is 2.55 bits per heavy atom. The lowest BCUT2D eigenvalue weighted by molar-refractivity contribution is -0.139. The van der Waals surface area contributed by atoms with Gasteiger partial charge >= 0.3 is 12.0 Å². The van der Waals surface area contributed by atoms with Gasteiger partial charge in [-0.05, 0) is 39.3 Å². The summed E-state index contributed by atoms with van der Waals surface area (Å²) in [6.45, 7) is 8.35. The van der Waals surface area contributed by atoms with Crippen molar-refractivity contribution in [2.45, 2.75) is 45.7 Å². The van der Waals surface area contributed by atoms with Gasteiger partial charge in [0.25, 0.3) is 0 Å². The molecule has 2 amide bonds. The van der Waals surface area contributed by atoms with E-state index in [0.717, 1.165) is 19.5 Å². The molecule has 0 aromatic rings. The Morgan fingerprint density at radius 1 is 1.35 bits per heavy atom. The number of carbonyl (C=O) groups excluding carboxylic acids is 1. The Labute approximate surface area is 121 Å². The van der Waals surface area contributed by atoms with E-state index in [0.29, 0.717) is 13.0 Å². The van der Waals surface area contributed by atoms with Crippen molar-refractivity contribution >= 4 is 12.0 Å². The maximum absolute atomic E-state index is 12.3. The number of hydrogen-bond donors (Lipinski definition) is 2. The van der Waals surface area contributed by atoms with E-state index < -0.39 is 12.0 Å². The maximum atomic E-state index is 12.3. The number of urea groups is 1. The summed E-state index contributed by atoms with van der Waals surface area (Å²) >= 11 is 0. The van der Waals surface area contributed by atoms with Gasteiger partial charge in [-0.25, -0.2) is 9.59 Å². The van der Waals surface area contributed by atoms with Crippen molar-refractivity contribution in [1.29, 1.82) is 0 Å². The fourth-order valence-electron chi connectivity index (χ4n) is 2.60. The second-order valence-corrected chi connectivity index (χ2v) is 6.13. The number of nitrogens with zero attached hydrogens (tertiary/aromatic N) is 2. The van der Waals surface area contributed by atoms with Crippen LogP contribution in [0.3, 0.4) is 0 Å². The van der Waals surface area contributed by atoms with E-state index in [2.05, 4.69) is 10.2 Å². The highest BCUT2D eigenvalue weighted by Gasteiger charge is 2.28. The van der Waals surface area contributed by atoms with Gasteiger partial charge in [0.1, 0.15) is 6.04 Å². The molecule has 1 fully saturated rings. The van der Waals surface area contributed by atoms with E-state index in [1.54, 1.807) is 4.90 Å². The van der Waals surface area contributed by atoms with Crippen molar-refractivity contribution in [3.05, 3.63) is 0 Å². The smallest absolute Gasteiger partial charge is 0.326 e. The van der Waals surface area contributed by atoms with Crippen LogP contribution in [0, 0.1) is 5.92 Å². The zero-order chi connectivity index (χ0) is 15.3. The van der Waals surface area contributed by atoms with Crippen molar-refractivity contribution in [3.63, 3.8) is 0 Å². The molecule has 0 aromatic carbocycles. The standard InChI is InChI=1S/C14H27N3O3/c1-10(2)8-12(13(18)19)15-14(20)17-7-5-6-16(4)9-11(17)3/h10-12H,5-9H2,1-4H3,(H,15,20)(H,18,19)/t11?,12-/m1/s1. The van der Waals surface area contributed by atoms with E-state index in [-0.39, 0.29) is 18.0 Å². The van der Waals surface area contributed by atoms with E-state index in [1.807, 2.05) is 27.8 Å². The fourth-order valence-corrected chi connectivity index (χ4v) is 2.60. The first-order chi connectivity index (χ1) is 9.31. The summed E-state index contributed by atoms with van der Waals surface area (Å²) in [4.78, 5) is 27.5. The molecule has 0 saturated carbocycles. The van der Waals surface area contributed by atoms with Gasteiger partial charge in [0.05, 0.1) is 0 Å². The molecule has 0 radical (unpaired) electrons. The first-order valence-corrected chi connectivity index (χ1v) is 7.29. The summed E-state index contributed by atoms with van der Waals surface area (Å²) in [5.74, 6) is -0.740. The van der Waals surface area contributed by atoms with E-state index >= 15 is 0 Å². The van der Waals surface area contributed by atoms with Gasteiger partial charge < -0.3 is 20.2 Å². The molecule has 116 valence electrons. The largest absolute Gasteiger partial charge is 0.480 e. The summed E-state index contributed by atoms with van der Waals surface area (Å²) in [6.07, 6.45) is 1.36. The Bertz CT molecular complexity index is 347. The quantitative estimate of drug-likeness (QED) is 0.814. The first kappa shape index (κ1) is 16.8. The lowest BCUT2D eigenvalue weighted by Gasteiger charge is -2.29. The van der Waals surface area contributed by atoms with Gasteiger partial charge in [-0.2, -0.15) is 0 Å². The van der Waals surface area contributed by atoms with Crippen LogP contribution in [0.25, 0.3) is 0 Å². The van der Waals surface area contributed by atoms with Crippen LogP contribution >= 0.6 is 0 Å². The summed E-state index contributed by atoms with van der Waals surface area (Å²) in [7, 11) is 2.04. The summed E-state index contributed by atoms with van der Waals surface area (Å²) in [6, 6.07) is -0.979. The number of aliphatic carboxylic acids is 1. The Morgan fingerprint density at radius 2 is 2.00 bits per heavy atom. The van der Waals surface area contributed by atoms with Gasteiger partial charge in [0.15, 0.2) is 0 Å². The second-order valence-electron chi connectivity index (χ2n) is 6.13. The third-order valence-electron chi connectivity index (χ3n) is 3.61. The molecule has 2 atom stereocenters. The minimum atomic E-state index is -0.966. The van der Waals surface area contributed by atoms with E-state index in [1.165, 1.54) is 0 Å².